The van der Waals surface area contributed by atoms with Crippen molar-refractivity contribution in [3.8, 4) is 5.82 Å². The Morgan fingerprint density at radius 2 is 1.96 bits per heavy atom. The van der Waals surface area contributed by atoms with Crippen LogP contribution < -0.4 is 5.32 Å². The van der Waals surface area contributed by atoms with Crippen LogP contribution in [-0.2, 0) is 4.79 Å². The van der Waals surface area contributed by atoms with E-state index in [1.807, 2.05) is 51.1 Å². The Bertz CT molecular complexity index is 896. The number of nitrogens with zero attached hydrogens (tertiary/aromatic N) is 3. The molecule has 0 fully saturated rings. The van der Waals surface area contributed by atoms with Crippen LogP contribution in [0.1, 0.15) is 31.5 Å². The number of fused-ring (bicyclic) bond motifs is 1. The second-order valence-corrected chi connectivity index (χ2v) is 6.54. The van der Waals surface area contributed by atoms with Crippen LogP contribution in [0.2, 0.25) is 0 Å². The Labute approximate surface area is 141 Å². The van der Waals surface area contributed by atoms with Crippen molar-refractivity contribution < 1.29 is 4.79 Å². The lowest BCUT2D eigenvalue weighted by atomic mass is 10.1. The molecule has 0 aliphatic carbocycles. The Kier molecular flexibility index (Phi) is 4.34. The number of aryl methyl sites for hydroxylation is 2. The minimum absolute atomic E-state index is 0.0105. The molecule has 2 heterocycles. The first-order valence-electron chi connectivity index (χ1n) is 8.17. The van der Waals surface area contributed by atoms with Gasteiger partial charge in [0.05, 0.1) is 11.2 Å². The van der Waals surface area contributed by atoms with Crippen molar-refractivity contribution in [2.45, 2.75) is 34.1 Å². The molecule has 2 aromatic heterocycles. The predicted molar refractivity (Wildman–Crippen MR) is 96.4 cm³/mol. The molecule has 0 aliphatic heterocycles. The Hall–Kier alpha value is -2.69. The molecule has 1 aromatic carbocycles. The minimum Gasteiger partial charge on any atom is -0.311 e. The van der Waals surface area contributed by atoms with Crippen LogP contribution in [0.4, 0.5) is 5.82 Å². The third kappa shape index (κ3) is 3.30. The van der Waals surface area contributed by atoms with Gasteiger partial charge in [0.25, 0.3) is 0 Å². The standard InChI is InChI=1S/C19H22N4O/c1-12(2)9-19(24)21-18-11-14(4)22-23(18)17-10-13(3)15-7-5-6-8-16(15)20-17/h5-8,10-12H,9H2,1-4H3,(H,21,24). The van der Waals surface area contributed by atoms with E-state index >= 15 is 0 Å². The van der Waals surface area contributed by atoms with Crippen LogP contribution in [0.3, 0.4) is 0 Å². The van der Waals surface area contributed by atoms with Crippen LogP contribution in [0.25, 0.3) is 16.7 Å². The van der Waals surface area contributed by atoms with Crippen molar-refractivity contribution in [2.24, 2.45) is 5.92 Å². The molecule has 124 valence electrons. The smallest absolute Gasteiger partial charge is 0.225 e. The lowest BCUT2D eigenvalue weighted by Gasteiger charge is -2.11. The summed E-state index contributed by atoms with van der Waals surface area (Å²) in [7, 11) is 0. The maximum absolute atomic E-state index is 12.1. The summed E-state index contributed by atoms with van der Waals surface area (Å²) in [4.78, 5) is 16.8. The largest absolute Gasteiger partial charge is 0.311 e. The number of rotatable bonds is 4. The van der Waals surface area contributed by atoms with E-state index in [0.29, 0.717) is 24.0 Å². The second kappa shape index (κ2) is 6.43. The predicted octanol–water partition coefficient (Wildman–Crippen LogP) is 4.02. The van der Waals surface area contributed by atoms with Crippen molar-refractivity contribution >= 4 is 22.6 Å². The van der Waals surface area contributed by atoms with Crippen molar-refractivity contribution in [1.82, 2.24) is 14.8 Å². The highest BCUT2D eigenvalue weighted by molar-refractivity contribution is 5.90. The molecule has 0 unspecified atom stereocenters. The molecular formula is C19H22N4O. The van der Waals surface area contributed by atoms with Gasteiger partial charge >= 0.3 is 0 Å². The molecule has 0 radical (unpaired) electrons. The molecule has 1 amide bonds. The first kappa shape index (κ1) is 16.2. The number of pyridine rings is 1. The zero-order valence-corrected chi connectivity index (χ0v) is 14.5. The number of carbonyl (C=O) groups is 1. The quantitative estimate of drug-likeness (QED) is 0.789. The highest BCUT2D eigenvalue weighted by Gasteiger charge is 2.14. The molecule has 24 heavy (non-hydrogen) atoms. The van der Waals surface area contributed by atoms with Gasteiger partial charge in [-0.2, -0.15) is 9.78 Å². The average molecular weight is 322 g/mol. The Balaban J connectivity index is 2.02. The van der Waals surface area contributed by atoms with Crippen LogP contribution >= 0.6 is 0 Å². The van der Waals surface area contributed by atoms with E-state index in [4.69, 9.17) is 4.98 Å². The third-order valence-electron chi connectivity index (χ3n) is 3.82. The molecule has 5 nitrogen and oxygen atoms in total. The number of carbonyl (C=O) groups excluding carboxylic acids is 1. The van der Waals surface area contributed by atoms with Gasteiger partial charge in [0.15, 0.2) is 5.82 Å². The van der Waals surface area contributed by atoms with Gasteiger partial charge < -0.3 is 5.32 Å². The Morgan fingerprint density at radius 1 is 1.21 bits per heavy atom. The van der Waals surface area contributed by atoms with Gasteiger partial charge in [-0.25, -0.2) is 4.98 Å². The van der Waals surface area contributed by atoms with E-state index in [0.717, 1.165) is 22.2 Å². The third-order valence-corrected chi connectivity index (χ3v) is 3.82. The van der Waals surface area contributed by atoms with Crippen LogP contribution in [0.5, 0.6) is 0 Å². The monoisotopic (exact) mass is 322 g/mol. The van der Waals surface area contributed by atoms with Gasteiger partial charge in [-0.05, 0) is 37.5 Å². The maximum atomic E-state index is 12.1. The molecule has 0 spiro atoms. The van der Waals surface area contributed by atoms with Gasteiger partial charge in [-0.3, -0.25) is 4.79 Å². The summed E-state index contributed by atoms with van der Waals surface area (Å²) in [6.07, 6.45) is 0.481. The molecule has 1 N–H and O–H groups in total. The SMILES string of the molecule is Cc1cc(NC(=O)CC(C)C)n(-c2cc(C)c3ccccc3n2)n1. The number of anilines is 1. The molecular weight excluding hydrogens is 300 g/mol. The lowest BCUT2D eigenvalue weighted by Crippen LogP contribution is -2.17. The van der Waals surface area contributed by atoms with E-state index in [-0.39, 0.29) is 5.91 Å². The number of hydrogen-bond donors (Lipinski definition) is 1. The fraction of sp³-hybridized carbons (Fsp3) is 0.316. The lowest BCUT2D eigenvalue weighted by molar-refractivity contribution is -0.116. The molecule has 3 rings (SSSR count). The van der Waals surface area contributed by atoms with Crippen molar-refractivity contribution in [3.63, 3.8) is 0 Å². The van der Waals surface area contributed by atoms with Crippen LogP contribution in [0, 0.1) is 19.8 Å². The number of benzene rings is 1. The molecule has 5 heteroatoms. The molecule has 0 saturated heterocycles. The number of hydrogen-bond acceptors (Lipinski definition) is 3. The number of nitrogens with one attached hydrogen (secondary N) is 1. The van der Waals surface area contributed by atoms with Crippen LogP contribution in [0.15, 0.2) is 36.4 Å². The summed E-state index contributed by atoms with van der Waals surface area (Å²) in [5, 5.41) is 8.57. The summed E-state index contributed by atoms with van der Waals surface area (Å²) in [6.45, 7) is 8.01. The van der Waals surface area contributed by atoms with Crippen molar-refractivity contribution in [1.29, 1.82) is 0 Å². The summed E-state index contributed by atoms with van der Waals surface area (Å²) < 4.78 is 1.70. The fourth-order valence-electron chi connectivity index (χ4n) is 2.77. The van der Waals surface area contributed by atoms with Gasteiger partial charge in [0.1, 0.15) is 5.82 Å². The van der Waals surface area contributed by atoms with E-state index < -0.39 is 0 Å². The average Bonchev–Trinajstić information content (AvgIpc) is 2.86. The van der Waals surface area contributed by atoms with Gasteiger partial charge in [0.2, 0.25) is 5.91 Å². The van der Waals surface area contributed by atoms with E-state index in [9.17, 15) is 4.79 Å². The minimum atomic E-state index is -0.0105. The normalized spacial score (nSPS) is 11.2. The zero-order chi connectivity index (χ0) is 17.3. The van der Waals surface area contributed by atoms with E-state index in [2.05, 4.69) is 23.4 Å². The fourth-order valence-corrected chi connectivity index (χ4v) is 2.77. The van der Waals surface area contributed by atoms with Gasteiger partial charge in [-0.15, -0.1) is 0 Å². The van der Waals surface area contributed by atoms with Crippen LogP contribution in [-0.4, -0.2) is 20.7 Å². The zero-order valence-electron chi connectivity index (χ0n) is 14.5. The van der Waals surface area contributed by atoms with Crippen molar-refractivity contribution in [3.05, 3.63) is 47.7 Å². The van der Waals surface area contributed by atoms with E-state index in [1.54, 1.807) is 4.68 Å². The molecule has 0 aliphatic rings. The topological polar surface area (TPSA) is 59.8 Å². The van der Waals surface area contributed by atoms with Gasteiger partial charge in [0, 0.05) is 17.9 Å². The summed E-state index contributed by atoms with van der Waals surface area (Å²) in [5.41, 5.74) is 2.88. The highest BCUT2D eigenvalue weighted by atomic mass is 16.1. The molecule has 0 bridgehead atoms. The maximum Gasteiger partial charge on any atom is 0.225 e. The first-order chi connectivity index (χ1) is 11.4. The molecule has 0 saturated carbocycles. The number of amides is 1. The summed E-state index contributed by atoms with van der Waals surface area (Å²) >= 11 is 0. The molecule has 3 aromatic rings. The summed E-state index contributed by atoms with van der Waals surface area (Å²) in [6, 6.07) is 11.9. The summed E-state index contributed by atoms with van der Waals surface area (Å²) in [5.74, 6) is 1.66. The van der Waals surface area contributed by atoms with Crippen molar-refractivity contribution in [2.75, 3.05) is 5.32 Å². The molecule has 0 atom stereocenters. The van der Waals surface area contributed by atoms with E-state index in [1.165, 1.54) is 0 Å². The van der Waals surface area contributed by atoms with Gasteiger partial charge in [-0.1, -0.05) is 32.0 Å². The Morgan fingerprint density at radius 3 is 2.71 bits per heavy atom. The highest BCUT2D eigenvalue weighted by Crippen LogP contribution is 2.22. The number of aromatic nitrogens is 3. The first-order valence-corrected chi connectivity index (χ1v) is 8.17. The second-order valence-electron chi connectivity index (χ2n) is 6.54. The number of para-hydroxylation sites is 1.